The van der Waals surface area contributed by atoms with Crippen LogP contribution in [-0.4, -0.2) is 38.3 Å². The molecular formula is C17H23N5O2. The molecule has 128 valence electrons. The van der Waals surface area contributed by atoms with E-state index in [1.54, 1.807) is 18.3 Å². The van der Waals surface area contributed by atoms with Gasteiger partial charge in [0.15, 0.2) is 0 Å². The van der Waals surface area contributed by atoms with Crippen molar-refractivity contribution in [3.8, 4) is 5.88 Å². The molecule has 0 bridgehead atoms. The molecule has 0 aromatic carbocycles. The van der Waals surface area contributed by atoms with E-state index in [1.807, 2.05) is 6.92 Å². The lowest BCUT2D eigenvalue weighted by atomic mass is 10.1. The molecule has 3 heterocycles. The molecule has 7 heteroatoms. The van der Waals surface area contributed by atoms with E-state index in [4.69, 9.17) is 4.74 Å². The minimum Gasteiger partial charge on any atom is -0.477 e. The Morgan fingerprint density at radius 1 is 1.46 bits per heavy atom. The number of amides is 1. The fourth-order valence-electron chi connectivity index (χ4n) is 2.97. The van der Waals surface area contributed by atoms with Crippen molar-refractivity contribution in [1.82, 2.24) is 25.1 Å². The SMILES string of the molecule is CCOc1ncccc1C(=O)NC1CCc2nnc(C(C)C)n2C1. The summed E-state index contributed by atoms with van der Waals surface area (Å²) in [5.74, 6) is 2.50. The van der Waals surface area contributed by atoms with Crippen LogP contribution in [0.15, 0.2) is 18.3 Å². The van der Waals surface area contributed by atoms with Crippen molar-refractivity contribution in [2.45, 2.75) is 52.1 Å². The predicted octanol–water partition coefficient (Wildman–Crippen LogP) is 1.94. The maximum Gasteiger partial charge on any atom is 0.257 e. The number of rotatable bonds is 5. The summed E-state index contributed by atoms with van der Waals surface area (Å²) in [6.07, 6.45) is 3.29. The number of hydrogen-bond donors (Lipinski definition) is 1. The quantitative estimate of drug-likeness (QED) is 0.906. The number of pyridine rings is 1. The molecule has 0 saturated heterocycles. The van der Waals surface area contributed by atoms with Gasteiger partial charge in [-0.3, -0.25) is 4.79 Å². The van der Waals surface area contributed by atoms with Crippen molar-refractivity contribution in [2.24, 2.45) is 0 Å². The molecule has 0 saturated carbocycles. The van der Waals surface area contributed by atoms with Gasteiger partial charge >= 0.3 is 0 Å². The molecule has 0 aliphatic carbocycles. The normalized spacial score (nSPS) is 16.8. The van der Waals surface area contributed by atoms with Gasteiger partial charge < -0.3 is 14.6 Å². The number of nitrogens with zero attached hydrogens (tertiary/aromatic N) is 4. The van der Waals surface area contributed by atoms with Gasteiger partial charge in [-0.1, -0.05) is 13.8 Å². The second-order valence-corrected chi connectivity index (χ2v) is 6.24. The third kappa shape index (κ3) is 3.25. The van der Waals surface area contributed by atoms with E-state index in [2.05, 4.69) is 38.9 Å². The lowest BCUT2D eigenvalue weighted by Gasteiger charge is -2.26. The molecule has 1 unspecified atom stereocenters. The van der Waals surface area contributed by atoms with Crippen molar-refractivity contribution in [1.29, 1.82) is 0 Å². The van der Waals surface area contributed by atoms with Crippen molar-refractivity contribution in [3.63, 3.8) is 0 Å². The van der Waals surface area contributed by atoms with Crippen LogP contribution in [0.5, 0.6) is 5.88 Å². The fourth-order valence-corrected chi connectivity index (χ4v) is 2.97. The largest absolute Gasteiger partial charge is 0.477 e. The third-order valence-corrected chi connectivity index (χ3v) is 4.12. The first-order valence-corrected chi connectivity index (χ1v) is 8.40. The maximum atomic E-state index is 12.6. The number of aromatic nitrogens is 4. The minimum absolute atomic E-state index is 0.0492. The van der Waals surface area contributed by atoms with Crippen LogP contribution in [0.25, 0.3) is 0 Å². The number of nitrogens with one attached hydrogen (secondary N) is 1. The molecular weight excluding hydrogens is 306 g/mol. The van der Waals surface area contributed by atoms with E-state index in [1.165, 1.54) is 0 Å². The molecule has 1 aliphatic heterocycles. The van der Waals surface area contributed by atoms with Crippen LogP contribution < -0.4 is 10.1 Å². The minimum atomic E-state index is -0.154. The van der Waals surface area contributed by atoms with Gasteiger partial charge in [-0.2, -0.15) is 0 Å². The highest BCUT2D eigenvalue weighted by molar-refractivity contribution is 5.96. The summed E-state index contributed by atoms with van der Waals surface area (Å²) in [7, 11) is 0. The predicted molar refractivity (Wildman–Crippen MR) is 89.1 cm³/mol. The van der Waals surface area contributed by atoms with Gasteiger partial charge in [-0.15, -0.1) is 10.2 Å². The van der Waals surface area contributed by atoms with Crippen molar-refractivity contribution >= 4 is 5.91 Å². The molecule has 2 aromatic rings. The summed E-state index contributed by atoms with van der Waals surface area (Å²) < 4.78 is 7.58. The molecule has 3 rings (SSSR count). The topological polar surface area (TPSA) is 81.9 Å². The lowest BCUT2D eigenvalue weighted by molar-refractivity contribution is 0.0922. The standard InChI is InChI=1S/C17H23N5O2/c1-4-24-17-13(6-5-9-18-17)16(23)19-12-7-8-14-20-21-15(11(2)3)22(14)10-12/h5-6,9,11-12H,4,7-8,10H2,1-3H3,(H,19,23). The highest BCUT2D eigenvalue weighted by Gasteiger charge is 2.26. The van der Waals surface area contributed by atoms with Crippen LogP contribution in [-0.2, 0) is 13.0 Å². The van der Waals surface area contributed by atoms with E-state index in [9.17, 15) is 4.79 Å². The lowest BCUT2D eigenvalue weighted by Crippen LogP contribution is -2.41. The Balaban J connectivity index is 1.73. The van der Waals surface area contributed by atoms with E-state index in [-0.39, 0.29) is 11.9 Å². The molecule has 1 atom stereocenters. The summed E-state index contributed by atoms with van der Waals surface area (Å²) in [6, 6.07) is 3.53. The highest BCUT2D eigenvalue weighted by Crippen LogP contribution is 2.21. The molecule has 0 radical (unpaired) electrons. The smallest absolute Gasteiger partial charge is 0.257 e. The Hall–Kier alpha value is -2.44. The van der Waals surface area contributed by atoms with Crippen LogP contribution >= 0.6 is 0 Å². The number of fused-ring (bicyclic) bond motifs is 1. The van der Waals surface area contributed by atoms with Gasteiger partial charge in [-0.05, 0) is 25.5 Å². The van der Waals surface area contributed by atoms with Crippen LogP contribution in [0.3, 0.4) is 0 Å². The first kappa shape index (κ1) is 16.4. The zero-order chi connectivity index (χ0) is 17.1. The van der Waals surface area contributed by atoms with Gasteiger partial charge in [0.25, 0.3) is 5.91 Å². The van der Waals surface area contributed by atoms with Crippen LogP contribution in [0.2, 0.25) is 0 Å². The molecule has 0 fully saturated rings. The average molecular weight is 329 g/mol. The fraction of sp³-hybridized carbons (Fsp3) is 0.529. The number of carbonyl (C=O) groups excluding carboxylic acids is 1. The Kier molecular flexibility index (Phi) is 4.78. The van der Waals surface area contributed by atoms with Gasteiger partial charge in [0.1, 0.15) is 17.2 Å². The first-order valence-electron chi connectivity index (χ1n) is 8.40. The van der Waals surface area contributed by atoms with Crippen LogP contribution in [0.4, 0.5) is 0 Å². The summed E-state index contributed by atoms with van der Waals surface area (Å²) >= 11 is 0. The van der Waals surface area contributed by atoms with E-state index in [0.717, 1.165) is 24.5 Å². The molecule has 24 heavy (non-hydrogen) atoms. The van der Waals surface area contributed by atoms with Crippen LogP contribution in [0.1, 0.15) is 55.1 Å². The number of ether oxygens (including phenoxy) is 1. The van der Waals surface area contributed by atoms with Crippen molar-refractivity contribution in [3.05, 3.63) is 35.5 Å². The van der Waals surface area contributed by atoms with Crippen molar-refractivity contribution < 1.29 is 9.53 Å². The Morgan fingerprint density at radius 3 is 3.04 bits per heavy atom. The monoisotopic (exact) mass is 329 g/mol. The molecule has 2 aromatic heterocycles. The molecule has 1 aliphatic rings. The van der Waals surface area contributed by atoms with Gasteiger partial charge in [0.2, 0.25) is 5.88 Å². The second-order valence-electron chi connectivity index (χ2n) is 6.24. The number of hydrogen-bond acceptors (Lipinski definition) is 5. The molecule has 1 N–H and O–H groups in total. The third-order valence-electron chi connectivity index (χ3n) is 4.12. The first-order chi connectivity index (χ1) is 11.6. The summed E-state index contributed by atoms with van der Waals surface area (Å²) in [5.41, 5.74) is 0.470. The zero-order valence-electron chi connectivity index (χ0n) is 14.3. The Labute approximate surface area is 141 Å². The number of carbonyl (C=O) groups is 1. The van der Waals surface area contributed by atoms with E-state index in [0.29, 0.717) is 30.5 Å². The summed E-state index contributed by atoms with van der Waals surface area (Å²) in [4.78, 5) is 16.7. The van der Waals surface area contributed by atoms with Crippen molar-refractivity contribution in [2.75, 3.05) is 6.61 Å². The van der Waals surface area contributed by atoms with Gasteiger partial charge in [0, 0.05) is 31.1 Å². The van der Waals surface area contributed by atoms with E-state index >= 15 is 0 Å². The maximum absolute atomic E-state index is 12.6. The highest BCUT2D eigenvalue weighted by atomic mass is 16.5. The number of aryl methyl sites for hydroxylation is 1. The molecule has 0 spiro atoms. The Bertz CT molecular complexity index is 726. The summed E-state index contributed by atoms with van der Waals surface area (Å²) in [6.45, 7) is 7.25. The summed E-state index contributed by atoms with van der Waals surface area (Å²) in [5, 5.41) is 11.6. The zero-order valence-corrected chi connectivity index (χ0v) is 14.3. The van der Waals surface area contributed by atoms with Gasteiger partial charge in [0.05, 0.1) is 6.61 Å². The molecule has 1 amide bonds. The van der Waals surface area contributed by atoms with E-state index < -0.39 is 0 Å². The second kappa shape index (κ2) is 6.98. The average Bonchev–Trinajstić information content (AvgIpc) is 2.99. The Morgan fingerprint density at radius 2 is 2.29 bits per heavy atom. The molecule has 7 nitrogen and oxygen atoms in total. The van der Waals surface area contributed by atoms with Crippen LogP contribution in [0, 0.1) is 0 Å². The van der Waals surface area contributed by atoms with Gasteiger partial charge in [-0.25, -0.2) is 4.98 Å².